The first-order valence-electron chi connectivity index (χ1n) is 13.7. The zero-order valence-electron chi connectivity index (χ0n) is 24.8. The van der Waals surface area contributed by atoms with Crippen LogP contribution in [0.4, 0.5) is 9.59 Å². The van der Waals surface area contributed by atoms with Gasteiger partial charge in [0.2, 0.25) is 0 Å². The summed E-state index contributed by atoms with van der Waals surface area (Å²) in [5, 5.41) is 3.02. The summed E-state index contributed by atoms with van der Waals surface area (Å²) in [4.78, 5) is 48.7. The number of hydrogen-bond acceptors (Lipinski definition) is 11. The molecule has 0 spiro atoms. The Morgan fingerprint density at radius 1 is 0.750 bits per heavy atom. The van der Waals surface area contributed by atoms with Crippen molar-refractivity contribution in [3.05, 3.63) is 23.8 Å². The van der Waals surface area contributed by atoms with Gasteiger partial charge in [0.25, 0.3) is 0 Å². The van der Waals surface area contributed by atoms with E-state index in [1.54, 1.807) is 6.07 Å². The summed E-state index contributed by atoms with van der Waals surface area (Å²) in [6.07, 6.45) is -0.125. The van der Waals surface area contributed by atoms with Gasteiger partial charge in [0.1, 0.15) is 12.6 Å². The number of carbonyl (C=O) groups excluding carboxylic acids is 4. The molecule has 226 valence electrons. The summed E-state index contributed by atoms with van der Waals surface area (Å²) in [7, 11) is 1.27. The van der Waals surface area contributed by atoms with E-state index in [1.807, 2.05) is 41.5 Å². The van der Waals surface area contributed by atoms with Gasteiger partial charge in [0, 0.05) is 13.0 Å². The van der Waals surface area contributed by atoms with Crippen molar-refractivity contribution >= 4 is 24.2 Å². The molecule has 0 bridgehead atoms. The molecule has 0 aromatic heterocycles. The predicted octanol–water partition coefficient (Wildman–Crippen LogP) is 5.07. The van der Waals surface area contributed by atoms with Crippen molar-refractivity contribution in [1.82, 2.24) is 5.32 Å². The highest BCUT2D eigenvalue weighted by Crippen LogP contribution is 2.30. The van der Waals surface area contributed by atoms with E-state index in [9.17, 15) is 19.2 Å². The second-order valence-electron chi connectivity index (χ2n) is 10.6. The second kappa shape index (κ2) is 18.9. The Morgan fingerprint density at radius 2 is 1.32 bits per heavy atom. The van der Waals surface area contributed by atoms with E-state index in [1.165, 1.54) is 19.2 Å². The first-order chi connectivity index (χ1) is 18.9. The minimum Gasteiger partial charge on any atom is -0.468 e. The van der Waals surface area contributed by atoms with Crippen molar-refractivity contribution in [1.29, 1.82) is 0 Å². The Labute approximate surface area is 237 Å². The Morgan fingerprint density at radius 3 is 1.85 bits per heavy atom. The van der Waals surface area contributed by atoms with Crippen LogP contribution in [0, 0.1) is 17.8 Å². The molecule has 0 heterocycles. The molecule has 1 N–H and O–H groups in total. The van der Waals surface area contributed by atoms with Crippen molar-refractivity contribution in [2.24, 2.45) is 17.8 Å². The van der Waals surface area contributed by atoms with Crippen LogP contribution in [0.25, 0.3) is 0 Å². The van der Waals surface area contributed by atoms with Crippen LogP contribution in [0.3, 0.4) is 0 Å². The maximum Gasteiger partial charge on any atom is 0.513 e. The summed E-state index contributed by atoms with van der Waals surface area (Å²) in [6.45, 7) is 12.5. The lowest BCUT2D eigenvalue weighted by molar-refractivity contribution is -0.144. The van der Waals surface area contributed by atoms with Crippen molar-refractivity contribution in [2.75, 3.05) is 33.5 Å². The average molecular weight is 568 g/mol. The Kier molecular flexibility index (Phi) is 16.4. The third-order valence-corrected chi connectivity index (χ3v) is 5.48. The maximum absolute atomic E-state index is 12.4. The first kappa shape index (κ1) is 34.7. The highest BCUT2D eigenvalue weighted by molar-refractivity contribution is 5.76. The van der Waals surface area contributed by atoms with Gasteiger partial charge < -0.3 is 33.7 Å². The van der Waals surface area contributed by atoms with E-state index < -0.39 is 24.3 Å². The molecule has 11 heteroatoms. The van der Waals surface area contributed by atoms with E-state index in [4.69, 9.17) is 28.4 Å². The monoisotopic (exact) mass is 567 g/mol. The SMILES string of the molecule is COC(=O)[C@H](Cc1ccc(OC(=O)OCCC(C)C)c(OC(=O)OCCC(C)C)c1)NCCOC(=O)CC(C)C. The van der Waals surface area contributed by atoms with Crippen LogP contribution in [-0.4, -0.2) is 63.8 Å². The molecule has 0 amide bonds. The van der Waals surface area contributed by atoms with Gasteiger partial charge in [-0.1, -0.05) is 47.6 Å². The first-order valence-corrected chi connectivity index (χ1v) is 13.7. The minimum absolute atomic E-state index is 0.0428. The Bertz CT molecular complexity index is 945. The van der Waals surface area contributed by atoms with Crippen LogP contribution in [0.15, 0.2) is 18.2 Å². The van der Waals surface area contributed by atoms with Gasteiger partial charge in [-0.05, 0) is 54.7 Å². The maximum atomic E-state index is 12.4. The molecule has 0 unspecified atom stereocenters. The van der Waals surface area contributed by atoms with Crippen molar-refractivity contribution < 1.29 is 47.6 Å². The molecule has 1 atom stereocenters. The lowest BCUT2D eigenvalue weighted by Crippen LogP contribution is -2.41. The van der Waals surface area contributed by atoms with Gasteiger partial charge in [0.15, 0.2) is 11.5 Å². The highest BCUT2D eigenvalue weighted by atomic mass is 16.7. The topological polar surface area (TPSA) is 136 Å². The number of benzene rings is 1. The number of esters is 2. The summed E-state index contributed by atoms with van der Waals surface area (Å²) in [5.74, 6) is -0.101. The Hall–Kier alpha value is -3.34. The molecular weight excluding hydrogens is 522 g/mol. The van der Waals surface area contributed by atoms with E-state index in [0.717, 1.165) is 0 Å². The zero-order valence-corrected chi connectivity index (χ0v) is 24.8. The molecule has 40 heavy (non-hydrogen) atoms. The predicted molar refractivity (Wildman–Crippen MR) is 147 cm³/mol. The number of methoxy groups -OCH3 is 1. The van der Waals surface area contributed by atoms with Crippen LogP contribution in [0.5, 0.6) is 11.5 Å². The van der Waals surface area contributed by atoms with Crippen molar-refractivity contribution in [2.45, 2.75) is 73.3 Å². The molecule has 0 radical (unpaired) electrons. The lowest BCUT2D eigenvalue weighted by atomic mass is 10.1. The molecule has 0 aliphatic carbocycles. The highest BCUT2D eigenvalue weighted by Gasteiger charge is 2.22. The molecule has 0 fully saturated rings. The number of hydrogen-bond donors (Lipinski definition) is 1. The van der Waals surface area contributed by atoms with E-state index >= 15 is 0 Å². The van der Waals surface area contributed by atoms with Gasteiger partial charge in [-0.15, -0.1) is 0 Å². The molecule has 1 rings (SSSR count). The van der Waals surface area contributed by atoms with Crippen molar-refractivity contribution in [3.63, 3.8) is 0 Å². The van der Waals surface area contributed by atoms with Gasteiger partial charge in [0.05, 0.1) is 20.3 Å². The number of ether oxygens (including phenoxy) is 6. The van der Waals surface area contributed by atoms with Gasteiger partial charge in [-0.3, -0.25) is 9.59 Å². The van der Waals surface area contributed by atoms with Crippen LogP contribution in [0.1, 0.15) is 66.4 Å². The number of rotatable bonds is 17. The van der Waals surface area contributed by atoms with Crippen LogP contribution in [-0.2, 0) is 35.0 Å². The van der Waals surface area contributed by atoms with Crippen LogP contribution < -0.4 is 14.8 Å². The minimum atomic E-state index is -0.957. The van der Waals surface area contributed by atoms with Gasteiger partial charge in [-0.2, -0.15) is 0 Å². The normalized spacial score (nSPS) is 11.8. The quantitative estimate of drug-likeness (QED) is 0.117. The molecule has 1 aromatic rings. The molecule has 0 aliphatic heterocycles. The van der Waals surface area contributed by atoms with Gasteiger partial charge >= 0.3 is 24.2 Å². The second-order valence-corrected chi connectivity index (χ2v) is 10.6. The number of nitrogens with one attached hydrogen (secondary N) is 1. The molecule has 0 aliphatic rings. The summed E-state index contributed by atoms with van der Waals surface area (Å²) < 4.78 is 31.0. The summed E-state index contributed by atoms with van der Waals surface area (Å²) in [6, 6.07) is 3.75. The fourth-order valence-corrected chi connectivity index (χ4v) is 3.25. The molecule has 11 nitrogen and oxygen atoms in total. The average Bonchev–Trinajstić information content (AvgIpc) is 2.85. The molecule has 1 aromatic carbocycles. The molecule has 0 saturated heterocycles. The lowest BCUT2D eigenvalue weighted by Gasteiger charge is -2.18. The summed E-state index contributed by atoms with van der Waals surface area (Å²) >= 11 is 0. The van der Waals surface area contributed by atoms with Crippen LogP contribution >= 0.6 is 0 Å². The molecular formula is C29H45NO10. The van der Waals surface area contributed by atoms with Crippen LogP contribution in [0.2, 0.25) is 0 Å². The van der Waals surface area contributed by atoms with E-state index in [-0.39, 0.29) is 56.2 Å². The van der Waals surface area contributed by atoms with E-state index in [0.29, 0.717) is 36.7 Å². The number of carbonyl (C=O) groups is 4. The smallest absolute Gasteiger partial charge is 0.468 e. The third-order valence-electron chi connectivity index (χ3n) is 5.48. The van der Waals surface area contributed by atoms with E-state index in [2.05, 4.69) is 5.32 Å². The Balaban J connectivity index is 2.97. The summed E-state index contributed by atoms with van der Waals surface area (Å²) in [5.41, 5.74) is 0.574. The standard InChI is InChI=1S/C29H45NO10/c1-19(2)10-13-37-28(33)39-24-9-8-22(18-25(24)40-29(34)38-14-11-20(3)4)17-23(27(32)35-7)30-12-15-36-26(31)16-21(5)6/h8-9,18-21,23,30H,10-17H2,1-7H3/t23-/m0/s1. The zero-order chi connectivity index (χ0) is 30.1. The fraction of sp³-hybridized carbons (Fsp3) is 0.655. The molecule has 0 saturated carbocycles. The van der Waals surface area contributed by atoms with Gasteiger partial charge in [-0.25, -0.2) is 9.59 Å². The largest absolute Gasteiger partial charge is 0.513 e. The third kappa shape index (κ3) is 15.3. The van der Waals surface area contributed by atoms with Crippen molar-refractivity contribution in [3.8, 4) is 11.5 Å². The fourth-order valence-electron chi connectivity index (χ4n) is 3.25.